The van der Waals surface area contributed by atoms with Gasteiger partial charge in [0, 0.05) is 19.4 Å². The minimum Gasteiger partial charge on any atom is -0.462 e. The van der Waals surface area contributed by atoms with Crippen LogP contribution in [0, 0.1) is 0 Å². The molecule has 0 radical (unpaired) electrons. The second kappa shape index (κ2) is 7.97. The maximum absolute atomic E-state index is 12.4. The van der Waals surface area contributed by atoms with E-state index < -0.39 is 5.97 Å². The Morgan fingerprint density at radius 2 is 2.08 bits per heavy atom. The molecule has 2 aromatic rings. The number of thioether (sulfide) groups is 1. The molecule has 0 N–H and O–H groups in total. The largest absolute Gasteiger partial charge is 0.462 e. The van der Waals surface area contributed by atoms with E-state index in [4.69, 9.17) is 4.74 Å². The molecule has 3 rings (SSSR count). The monoisotopic (exact) mass is 367 g/mol. The molecule has 0 unspecified atom stereocenters. The smallest absolute Gasteiger partial charge is 0.338 e. The first-order valence-corrected chi connectivity index (χ1v) is 8.83. The van der Waals surface area contributed by atoms with E-state index in [1.165, 1.54) is 16.7 Å². The number of likely N-dealkylation sites (N-methyl/N-ethyl adjacent to an activating group) is 1. The summed E-state index contributed by atoms with van der Waals surface area (Å²) < 4.78 is 5.00. The highest BCUT2D eigenvalue weighted by Gasteiger charge is 2.30. The number of pyridine rings is 1. The Hall–Kier alpha value is -2.93. The molecule has 1 aliphatic heterocycles. The highest BCUT2D eigenvalue weighted by molar-refractivity contribution is 8.18. The van der Waals surface area contributed by atoms with E-state index in [-0.39, 0.29) is 5.91 Å². The number of carbonyl (C=O) groups is 2. The average Bonchev–Trinajstić information content (AvgIpc) is 2.91. The summed E-state index contributed by atoms with van der Waals surface area (Å²) in [5.74, 6) is -0.511. The predicted octanol–water partition coefficient (Wildman–Crippen LogP) is 3.49. The lowest BCUT2D eigenvalue weighted by atomic mass is 10.2. The van der Waals surface area contributed by atoms with Crippen LogP contribution in [0.1, 0.15) is 22.8 Å². The third-order valence-electron chi connectivity index (χ3n) is 3.59. The lowest BCUT2D eigenvalue weighted by molar-refractivity contribution is -0.121. The number of aliphatic imine (C=N–C) groups is 1. The Balaban J connectivity index is 1.86. The van der Waals surface area contributed by atoms with Gasteiger partial charge in [-0.05, 0) is 60.7 Å². The fraction of sp³-hybridized carbons (Fsp3) is 0.158. The number of rotatable bonds is 4. The van der Waals surface area contributed by atoms with Crippen LogP contribution in [-0.4, -0.2) is 40.6 Å². The molecule has 6 nitrogen and oxygen atoms in total. The molecular formula is C19H17N3O3S. The molecule has 1 fully saturated rings. The fourth-order valence-corrected chi connectivity index (χ4v) is 3.28. The quantitative estimate of drug-likeness (QED) is 0.611. The number of amides is 1. The predicted molar refractivity (Wildman–Crippen MR) is 102 cm³/mol. The van der Waals surface area contributed by atoms with Crippen molar-refractivity contribution in [3.05, 3.63) is 64.8 Å². The summed E-state index contributed by atoms with van der Waals surface area (Å²) in [6, 6.07) is 10.5. The van der Waals surface area contributed by atoms with Gasteiger partial charge in [0.25, 0.3) is 5.91 Å². The zero-order valence-corrected chi connectivity index (χ0v) is 15.2. The molecular weight excluding hydrogens is 350 g/mol. The van der Waals surface area contributed by atoms with Crippen molar-refractivity contribution in [1.29, 1.82) is 0 Å². The third-order valence-corrected chi connectivity index (χ3v) is 4.65. The van der Waals surface area contributed by atoms with Crippen molar-refractivity contribution >= 4 is 40.6 Å². The SMILES string of the molecule is CCOC(=O)c1cccc(N=C2SC(=Cc3ccncc3)C(=O)N2C)c1. The van der Waals surface area contributed by atoms with Crippen molar-refractivity contribution in [2.45, 2.75) is 6.92 Å². The van der Waals surface area contributed by atoms with Crippen LogP contribution >= 0.6 is 11.8 Å². The van der Waals surface area contributed by atoms with Crippen LogP contribution in [0.3, 0.4) is 0 Å². The van der Waals surface area contributed by atoms with Gasteiger partial charge >= 0.3 is 5.97 Å². The van der Waals surface area contributed by atoms with Crippen LogP contribution in [0.4, 0.5) is 5.69 Å². The standard InChI is InChI=1S/C19H17N3O3S/c1-3-25-18(24)14-5-4-6-15(12-14)21-19-22(2)17(23)16(26-19)11-13-7-9-20-10-8-13/h4-12H,3H2,1-2H3. The molecule has 0 saturated carbocycles. The topological polar surface area (TPSA) is 71.9 Å². The number of carbonyl (C=O) groups excluding carboxylic acids is 2. The van der Waals surface area contributed by atoms with Crippen molar-refractivity contribution in [2.75, 3.05) is 13.7 Å². The van der Waals surface area contributed by atoms with Gasteiger partial charge in [0.2, 0.25) is 0 Å². The molecule has 0 spiro atoms. The van der Waals surface area contributed by atoms with E-state index >= 15 is 0 Å². The molecule has 1 saturated heterocycles. The zero-order valence-electron chi connectivity index (χ0n) is 14.4. The highest BCUT2D eigenvalue weighted by Crippen LogP contribution is 2.33. The van der Waals surface area contributed by atoms with Gasteiger partial charge in [-0.3, -0.25) is 14.7 Å². The maximum Gasteiger partial charge on any atom is 0.338 e. The summed E-state index contributed by atoms with van der Waals surface area (Å²) in [6.07, 6.45) is 5.16. The van der Waals surface area contributed by atoms with Gasteiger partial charge in [-0.15, -0.1) is 0 Å². The van der Waals surface area contributed by atoms with E-state index in [1.807, 2.05) is 18.2 Å². The van der Waals surface area contributed by atoms with E-state index in [0.29, 0.717) is 27.9 Å². The molecule has 0 atom stereocenters. The summed E-state index contributed by atoms with van der Waals surface area (Å²) in [5.41, 5.74) is 1.91. The third kappa shape index (κ3) is 4.00. The summed E-state index contributed by atoms with van der Waals surface area (Å²) in [7, 11) is 1.68. The van der Waals surface area contributed by atoms with Gasteiger partial charge in [0.05, 0.1) is 22.8 Å². The van der Waals surface area contributed by atoms with Gasteiger partial charge < -0.3 is 4.74 Å². The second-order valence-corrected chi connectivity index (χ2v) is 6.43. The van der Waals surface area contributed by atoms with Crippen molar-refractivity contribution in [3.63, 3.8) is 0 Å². The number of esters is 1. The maximum atomic E-state index is 12.4. The number of aromatic nitrogens is 1. The fourth-order valence-electron chi connectivity index (χ4n) is 2.29. The minimum absolute atomic E-state index is 0.118. The second-order valence-electron chi connectivity index (χ2n) is 5.42. The molecule has 26 heavy (non-hydrogen) atoms. The zero-order chi connectivity index (χ0) is 18.5. The van der Waals surface area contributed by atoms with Crippen LogP contribution in [0.5, 0.6) is 0 Å². The molecule has 7 heteroatoms. The van der Waals surface area contributed by atoms with E-state index in [0.717, 1.165) is 5.56 Å². The lowest BCUT2D eigenvalue weighted by Crippen LogP contribution is -2.23. The average molecular weight is 367 g/mol. The molecule has 1 amide bonds. The van der Waals surface area contributed by atoms with Gasteiger partial charge in [-0.25, -0.2) is 9.79 Å². The molecule has 0 bridgehead atoms. The Morgan fingerprint density at radius 1 is 1.31 bits per heavy atom. The van der Waals surface area contributed by atoms with E-state index in [1.54, 1.807) is 50.6 Å². The first-order chi connectivity index (χ1) is 12.6. The number of nitrogens with zero attached hydrogens (tertiary/aromatic N) is 3. The van der Waals surface area contributed by atoms with E-state index in [9.17, 15) is 9.59 Å². The van der Waals surface area contributed by atoms with E-state index in [2.05, 4.69) is 9.98 Å². The Bertz CT molecular complexity index is 894. The van der Waals surface area contributed by atoms with Crippen LogP contribution in [0.15, 0.2) is 58.7 Å². The van der Waals surface area contributed by atoms with Crippen LogP contribution in [0.2, 0.25) is 0 Å². The first kappa shape index (κ1) is 17.9. The van der Waals surface area contributed by atoms with Crippen LogP contribution in [0.25, 0.3) is 6.08 Å². The van der Waals surface area contributed by atoms with Crippen LogP contribution in [-0.2, 0) is 9.53 Å². The van der Waals surface area contributed by atoms with Crippen molar-refractivity contribution < 1.29 is 14.3 Å². The van der Waals surface area contributed by atoms with Crippen LogP contribution < -0.4 is 0 Å². The number of benzene rings is 1. The molecule has 132 valence electrons. The summed E-state index contributed by atoms with van der Waals surface area (Å²) in [4.78, 5) is 34.8. The molecule has 1 aliphatic rings. The number of ether oxygens (including phenoxy) is 1. The highest BCUT2D eigenvalue weighted by atomic mass is 32.2. The van der Waals surface area contributed by atoms with Gasteiger partial charge in [-0.1, -0.05) is 6.07 Å². The number of amidine groups is 1. The summed E-state index contributed by atoms with van der Waals surface area (Å²) >= 11 is 1.29. The molecule has 1 aromatic carbocycles. The Morgan fingerprint density at radius 3 is 2.81 bits per heavy atom. The van der Waals surface area contributed by atoms with Crippen molar-refractivity contribution in [1.82, 2.24) is 9.88 Å². The molecule has 1 aromatic heterocycles. The van der Waals surface area contributed by atoms with Gasteiger partial charge in [0.1, 0.15) is 0 Å². The summed E-state index contributed by atoms with van der Waals surface area (Å²) in [6.45, 7) is 2.07. The van der Waals surface area contributed by atoms with Gasteiger partial charge in [0.15, 0.2) is 5.17 Å². The number of hydrogen-bond donors (Lipinski definition) is 0. The first-order valence-electron chi connectivity index (χ1n) is 8.02. The van der Waals surface area contributed by atoms with Crippen molar-refractivity contribution in [3.8, 4) is 0 Å². The lowest BCUT2D eigenvalue weighted by Gasteiger charge is -2.07. The Kier molecular flexibility index (Phi) is 5.48. The Labute approximate surface area is 155 Å². The normalized spacial score (nSPS) is 17.2. The summed E-state index contributed by atoms with van der Waals surface area (Å²) in [5, 5.41) is 0.552. The molecule has 0 aliphatic carbocycles. The minimum atomic E-state index is -0.392. The van der Waals surface area contributed by atoms with Crippen molar-refractivity contribution in [2.24, 2.45) is 4.99 Å². The number of hydrogen-bond acceptors (Lipinski definition) is 6. The van der Waals surface area contributed by atoms with Gasteiger partial charge in [-0.2, -0.15) is 0 Å². The molecule has 2 heterocycles.